The van der Waals surface area contributed by atoms with Gasteiger partial charge in [-0.3, -0.25) is 0 Å². The quantitative estimate of drug-likeness (QED) is 0.769. The van der Waals surface area contributed by atoms with Crippen LogP contribution in [0.3, 0.4) is 0 Å². The second-order valence-corrected chi connectivity index (χ2v) is 5.25. The SMILES string of the molecule is COc1ccc(-c2cnco2)cc1NCc1cccs1. The molecule has 4 nitrogen and oxygen atoms in total. The van der Waals surface area contributed by atoms with Gasteiger partial charge in [-0.05, 0) is 29.6 Å². The molecule has 1 aromatic carbocycles. The fourth-order valence-electron chi connectivity index (χ4n) is 1.95. The molecule has 0 amide bonds. The largest absolute Gasteiger partial charge is 0.495 e. The van der Waals surface area contributed by atoms with Gasteiger partial charge in [-0.15, -0.1) is 11.3 Å². The van der Waals surface area contributed by atoms with Crippen molar-refractivity contribution < 1.29 is 9.15 Å². The van der Waals surface area contributed by atoms with Crippen LogP contribution in [-0.4, -0.2) is 12.1 Å². The summed E-state index contributed by atoms with van der Waals surface area (Å²) in [5.41, 5.74) is 1.91. The Morgan fingerprint density at radius 1 is 1.35 bits per heavy atom. The zero-order chi connectivity index (χ0) is 13.8. The Hall–Kier alpha value is -2.27. The molecule has 3 rings (SSSR count). The maximum Gasteiger partial charge on any atom is 0.181 e. The summed E-state index contributed by atoms with van der Waals surface area (Å²) in [7, 11) is 1.67. The molecule has 0 unspecified atom stereocenters. The summed E-state index contributed by atoms with van der Waals surface area (Å²) in [6, 6.07) is 10.0. The van der Waals surface area contributed by atoms with Crippen LogP contribution in [0.25, 0.3) is 11.3 Å². The molecule has 0 bridgehead atoms. The Morgan fingerprint density at radius 3 is 3.00 bits per heavy atom. The highest BCUT2D eigenvalue weighted by atomic mass is 32.1. The monoisotopic (exact) mass is 286 g/mol. The van der Waals surface area contributed by atoms with E-state index in [9.17, 15) is 0 Å². The highest BCUT2D eigenvalue weighted by molar-refractivity contribution is 7.09. The minimum Gasteiger partial charge on any atom is -0.495 e. The third kappa shape index (κ3) is 2.67. The zero-order valence-electron chi connectivity index (χ0n) is 11.0. The average molecular weight is 286 g/mol. The Labute approximate surface area is 121 Å². The zero-order valence-corrected chi connectivity index (χ0v) is 11.8. The molecule has 0 saturated carbocycles. The van der Waals surface area contributed by atoms with E-state index in [4.69, 9.17) is 9.15 Å². The van der Waals surface area contributed by atoms with Crippen molar-refractivity contribution in [3.63, 3.8) is 0 Å². The van der Waals surface area contributed by atoms with Crippen molar-refractivity contribution in [2.24, 2.45) is 0 Å². The van der Waals surface area contributed by atoms with Gasteiger partial charge in [0.25, 0.3) is 0 Å². The van der Waals surface area contributed by atoms with E-state index in [1.165, 1.54) is 11.3 Å². The van der Waals surface area contributed by atoms with Crippen molar-refractivity contribution in [1.29, 1.82) is 0 Å². The second kappa shape index (κ2) is 5.79. The standard InChI is InChI=1S/C15H14N2O2S/c1-18-14-5-4-11(15-9-16-10-19-15)7-13(14)17-8-12-3-2-6-20-12/h2-7,9-10,17H,8H2,1H3. The first kappa shape index (κ1) is 12.7. The van der Waals surface area contributed by atoms with Gasteiger partial charge in [0.1, 0.15) is 5.75 Å². The maximum absolute atomic E-state index is 5.38. The van der Waals surface area contributed by atoms with Gasteiger partial charge in [-0.25, -0.2) is 4.98 Å². The molecule has 20 heavy (non-hydrogen) atoms. The highest BCUT2D eigenvalue weighted by Gasteiger charge is 2.08. The number of anilines is 1. The molecule has 1 N–H and O–H groups in total. The van der Waals surface area contributed by atoms with Crippen LogP contribution in [0.1, 0.15) is 4.88 Å². The van der Waals surface area contributed by atoms with Gasteiger partial charge < -0.3 is 14.5 Å². The first-order chi connectivity index (χ1) is 9.86. The summed E-state index contributed by atoms with van der Waals surface area (Å²) in [5, 5.41) is 5.46. The molecule has 3 aromatic rings. The summed E-state index contributed by atoms with van der Waals surface area (Å²) in [5.74, 6) is 1.55. The first-order valence-corrected chi connectivity index (χ1v) is 7.08. The number of ether oxygens (including phenoxy) is 1. The number of benzene rings is 1. The van der Waals surface area contributed by atoms with Crippen molar-refractivity contribution in [3.8, 4) is 17.1 Å². The summed E-state index contributed by atoms with van der Waals surface area (Å²) in [4.78, 5) is 5.22. The van der Waals surface area contributed by atoms with Gasteiger partial charge in [0.2, 0.25) is 0 Å². The summed E-state index contributed by atoms with van der Waals surface area (Å²) in [6.45, 7) is 0.772. The van der Waals surface area contributed by atoms with Crippen molar-refractivity contribution in [2.75, 3.05) is 12.4 Å². The van der Waals surface area contributed by atoms with Gasteiger partial charge in [0.05, 0.1) is 19.0 Å². The molecule has 0 radical (unpaired) electrons. The molecule has 0 aliphatic rings. The maximum atomic E-state index is 5.38. The first-order valence-electron chi connectivity index (χ1n) is 6.20. The molecule has 0 aliphatic carbocycles. The third-order valence-electron chi connectivity index (χ3n) is 2.95. The number of hydrogen-bond donors (Lipinski definition) is 1. The van der Waals surface area contributed by atoms with Gasteiger partial charge in [0.15, 0.2) is 12.2 Å². The highest BCUT2D eigenvalue weighted by Crippen LogP contribution is 2.31. The van der Waals surface area contributed by atoms with Crippen LogP contribution in [0.15, 0.2) is 52.7 Å². The van der Waals surface area contributed by atoms with E-state index in [2.05, 4.69) is 21.7 Å². The number of methoxy groups -OCH3 is 1. The molecular formula is C15H14N2O2S. The Morgan fingerprint density at radius 2 is 2.30 bits per heavy atom. The van der Waals surface area contributed by atoms with Gasteiger partial charge >= 0.3 is 0 Å². The van der Waals surface area contributed by atoms with Crippen LogP contribution in [0.2, 0.25) is 0 Å². The third-order valence-corrected chi connectivity index (χ3v) is 3.83. The average Bonchev–Trinajstić information content (AvgIpc) is 3.18. The molecule has 0 saturated heterocycles. The number of thiophene rings is 1. The number of nitrogens with one attached hydrogen (secondary N) is 1. The molecule has 0 atom stereocenters. The normalized spacial score (nSPS) is 10.4. The number of aromatic nitrogens is 1. The fraction of sp³-hybridized carbons (Fsp3) is 0.133. The lowest BCUT2D eigenvalue weighted by molar-refractivity contribution is 0.416. The van der Waals surface area contributed by atoms with Crippen molar-refractivity contribution in [1.82, 2.24) is 4.98 Å². The van der Waals surface area contributed by atoms with Crippen molar-refractivity contribution in [3.05, 3.63) is 53.2 Å². The minimum absolute atomic E-state index is 0.742. The van der Waals surface area contributed by atoms with E-state index in [1.807, 2.05) is 24.3 Å². The lowest BCUT2D eigenvalue weighted by atomic mass is 10.1. The molecule has 2 aromatic heterocycles. The summed E-state index contributed by atoms with van der Waals surface area (Å²) in [6.07, 6.45) is 3.13. The van der Waals surface area contributed by atoms with Gasteiger partial charge in [-0.1, -0.05) is 6.07 Å². The lowest BCUT2D eigenvalue weighted by Gasteiger charge is -2.11. The summed E-state index contributed by atoms with van der Waals surface area (Å²) < 4.78 is 10.7. The van der Waals surface area contributed by atoms with Crippen LogP contribution in [0.4, 0.5) is 5.69 Å². The van der Waals surface area contributed by atoms with E-state index < -0.39 is 0 Å². The summed E-state index contributed by atoms with van der Waals surface area (Å²) >= 11 is 1.73. The molecule has 5 heteroatoms. The lowest BCUT2D eigenvalue weighted by Crippen LogP contribution is -2.00. The number of nitrogens with zero attached hydrogens (tertiary/aromatic N) is 1. The Bertz CT molecular complexity index is 663. The molecule has 102 valence electrons. The smallest absolute Gasteiger partial charge is 0.181 e. The number of hydrogen-bond acceptors (Lipinski definition) is 5. The van der Waals surface area contributed by atoms with Crippen LogP contribution in [0, 0.1) is 0 Å². The number of rotatable bonds is 5. The topological polar surface area (TPSA) is 47.3 Å². The van der Waals surface area contributed by atoms with Gasteiger partial charge in [0, 0.05) is 17.0 Å². The molecule has 0 spiro atoms. The van der Waals surface area contributed by atoms with Crippen LogP contribution >= 0.6 is 11.3 Å². The Balaban J connectivity index is 1.85. The van der Waals surface area contributed by atoms with E-state index in [0.29, 0.717) is 0 Å². The van der Waals surface area contributed by atoms with Crippen LogP contribution in [0.5, 0.6) is 5.75 Å². The van der Waals surface area contributed by atoms with Crippen LogP contribution < -0.4 is 10.1 Å². The molecular weight excluding hydrogens is 272 g/mol. The molecule has 0 fully saturated rings. The Kier molecular flexibility index (Phi) is 3.69. The number of oxazole rings is 1. The predicted octanol–water partition coefficient (Wildman–Crippen LogP) is 4.02. The fourth-order valence-corrected chi connectivity index (χ4v) is 2.60. The van der Waals surface area contributed by atoms with E-state index in [0.717, 1.165) is 29.3 Å². The van der Waals surface area contributed by atoms with Gasteiger partial charge in [-0.2, -0.15) is 0 Å². The molecule has 0 aliphatic heterocycles. The minimum atomic E-state index is 0.742. The van der Waals surface area contributed by atoms with E-state index in [1.54, 1.807) is 24.6 Å². The van der Waals surface area contributed by atoms with E-state index in [-0.39, 0.29) is 0 Å². The molecule has 2 heterocycles. The van der Waals surface area contributed by atoms with Crippen molar-refractivity contribution >= 4 is 17.0 Å². The van der Waals surface area contributed by atoms with E-state index >= 15 is 0 Å². The van der Waals surface area contributed by atoms with Crippen LogP contribution in [-0.2, 0) is 6.54 Å². The predicted molar refractivity (Wildman–Crippen MR) is 80.1 cm³/mol. The second-order valence-electron chi connectivity index (χ2n) is 4.21. The van der Waals surface area contributed by atoms with Crippen molar-refractivity contribution in [2.45, 2.75) is 6.54 Å².